The van der Waals surface area contributed by atoms with Crippen molar-refractivity contribution in [3.8, 4) is 5.75 Å². The minimum atomic E-state index is -2.05. The van der Waals surface area contributed by atoms with Crippen molar-refractivity contribution in [3.63, 3.8) is 0 Å². The highest BCUT2D eigenvalue weighted by Gasteiger charge is 2.40. The Bertz CT molecular complexity index is 4010. The van der Waals surface area contributed by atoms with Gasteiger partial charge in [0.05, 0.1) is 13.1 Å². The van der Waals surface area contributed by atoms with Crippen molar-refractivity contribution in [2.24, 2.45) is 40.5 Å². The summed E-state index contributed by atoms with van der Waals surface area (Å²) >= 11 is 0. The largest absolute Gasteiger partial charge is 0.508 e. The van der Waals surface area contributed by atoms with E-state index in [2.05, 4.69) is 74.4 Å². The van der Waals surface area contributed by atoms with E-state index in [0.29, 0.717) is 50.5 Å². The first-order chi connectivity index (χ1) is 60.6. The fourth-order valence-electron chi connectivity index (χ4n) is 12.8. The molecule has 46 nitrogen and oxygen atoms in total. The number of aromatic hydroxyl groups is 1. The van der Waals surface area contributed by atoms with Gasteiger partial charge >= 0.3 is 35.8 Å². The zero-order valence-corrected chi connectivity index (χ0v) is 72.5. The summed E-state index contributed by atoms with van der Waals surface area (Å²) < 4.78 is 0. The van der Waals surface area contributed by atoms with E-state index in [-0.39, 0.29) is 76.0 Å². The number of rotatable bonds is 67. The number of unbranched alkanes of at least 4 members (excludes halogenated alkanes) is 4. The predicted molar refractivity (Wildman–Crippen MR) is 457 cm³/mol. The number of amides is 14. The number of benzene rings is 2. The molecule has 0 unspecified atom stereocenters. The van der Waals surface area contributed by atoms with E-state index in [1.54, 1.807) is 45.9 Å². The summed E-state index contributed by atoms with van der Waals surface area (Å²) in [4.78, 5) is 271. The zero-order chi connectivity index (χ0) is 96.1. The van der Waals surface area contributed by atoms with Crippen LogP contribution in [0.25, 0.3) is 0 Å². The number of phenolic OH excluding ortho intramolecular Hbond substituents is 1. The standard InChI is InChI=1S/C82H129N19O27/c1-45(2)40-59(80(125)101-69(46(3)4)81(126)96-52(20-10-14-38-85)71(116)90-50(18-8-12-36-83)70(115)91-51(19-9-13-37-84)72(117)97-58(82(127)128)21-11-15-39-86)98-76(121)57(30-35-68(113)114)95-78(123)60(41-47-16-6-5-7-17-47)100-79(124)61(42-48-22-24-49(102)25-23-48)99-77(122)56(29-34-67(111)112)94-75(120)55(28-33-66(109)110)93-74(119)54(27-32-65(107)108)92-73(118)53(26-31-64(105)106)89-63(104)44-88-62(103)43-87/h5-7,16-17,22-25,45-46,50-61,69,102H,8-15,18-21,26-44,83-87H2,1-4H3,(H,88,103)(H,89,104)(H,90,116)(H,91,115)(H,92,118)(H,93,119)(H,94,120)(H,95,123)(H,96,126)(H,97,117)(H,98,121)(H,99,122)(H,100,124)(H,101,125)(H,105,106)(H,107,108)(H,109,110)(H,111,112)(H,113,114)(H,127,128)/t50-,51-,52-,53-,54-,55-,56-,57-,58-,59-,60-,61-,69-/m0/s1. The van der Waals surface area contributed by atoms with E-state index in [1.165, 1.54) is 36.4 Å². The van der Waals surface area contributed by atoms with Gasteiger partial charge in [-0.3, -0.25) is 91.1 Å². The average Bonchev–Trinajstić information content (AvgIpc) is 0.847. The maximum absolute atomic E-state index is 15.1. The van der Waals surface area contributed by atoms with Crippen LogP contribution in [0.5, 0.6) is 5.75 Å². The predicted octanol–water partition coefficient (Wildman–Crippen LogP) is -4.82. The van der Waals surface area contributed by atoms with Gasteiger partial charge in [-0.05, 0) is 177 Å². The van der Waals surface area contributed by atoms with E-state index in [9.17, 15) is 122 Å². The molecule has 714 valence electrons. The number of nitrogens with one attached hydrogen (secondary N) is 14. The Morgan fingerprint density at radius 3 is 0.852 bits per heavy atom. The second-order valence-electron chi connectivity index (χ2n) is 31.3. The molecule has 0 saturated heterocycles. The highest BCUT2D eigenvalue weighted by atomic mass is 16.4. The third-order valence-corrected chi connectivity index (χ3v) is 19.9. The molecule has 2 aromatic carbocycles. The molecule has 0 aliphatic carbocycles. The number of carboxylic acids is 6. The third kappa shape index (κ3) is 45.6. The number of carbonyl (C=O) groups is 20. The third-order valence-electron chi connectivity index (χ3n) is 19.9. The number of carbonyl (C=O) groups excluding carboxylic acids is 14. The monoisotopic (exact) mass is 1810 g/mol. The fraction of sp³-hybridized carbons (Fsp3) is 0.610. The van der Waals surface area contributed by atoms with Gasteiger partial charge in [-0.1, -0.05) is 70.2 Å². The Morgan fingerprint density at radius 2 is 0.555 bits per heavy atom. The molecule has 0 spiro atoms. The molecular weight excluding hydrogens is 1680 g/mol. The van der Waals surface area contributed by atoms with E-state index >= 15 is 9.59 Å². The molecule has 0 aliphatic heterocycles. The minimum absolute atomic E-state index is 0.0130. The van der Waals surface area contributed by atoms with E-state index in [4.69, 9.17) is 28.7 Å². The molecule has 2 aromatic rings. The smallest absolute Gasteiger partial charge is 0.326 e. The van der Waals surface area contributed by atoms with Crippen molar-refractivity contribution >= 4 is 119 Å². The average molecular weight is 1810 g/mol. The summed E-state index contributed by atoms with van der Waals surface area (Å²) in [6.07, 6.45) is -6.19. The molecule has 14 amide bonds. The van der Waals surface area contributed by atoms with Gasteiger partial charge in [0.1, 0.15) is 84.3 Å². The molecule has 0 fully saturated rings. The first-order valence-electron chi connectivity index (χ1n) is 42.4. The van der Waals surface area contributed by atoms with Crippen LogP contribution in [-0.2, 0) is 109 Å². The van der Waals surface area contributed by atoms with Crippen LogP contribution in [0.2, 0.25) is 0 Å². The SMILES string of the molecule is CC(C)C[C@H](NC(=O)[C@H](CCC(=O)O)NC(=O)[C@H](Cc1ccccc1)NC(=O)[C@H](Cc1ccc(O)cc1)NC(=O)[C@H](CCC(=O)O)NC(=O)[C@H](CCC(=O)O)NC(=O)[C@H](CCC(=O)O)NC(=O)[C@H](CCC(=O)O)NC(=O)CNC(=O)CN)C(=O)N[C@H](C(=O)N[C@@H](CCCCN)C(=O)N[C@@H](CCCCN)C(=O)N[C@@H](CCCCN)C(=O)N[C@@H](CCCCN)C(=O)O)C(C)C. The number of hydrogen-bond donors (Lipinski definition) is 26. The van der Waals surface area contributed by atoms with Gasteiger partial charge in [-0.15, -0.1) is 0 Å². The van der Waals surface area contributed by atoms with Crippen LogP contribution in [0.4, 0.5) is 0 Å². The Labute approximate surface area is 739 Å². The lowest BCUT2D eigenvalue weighted by atomic mass is 9.98. The molecule has 2 rings (SSSR count). The van der Waals surface area contributed by atoms with Crippen molar-refractivity contribution in [2.45, 2.75) is 267 Å². The lowest BCUT2D eigenvalue weighted by Gasteiger charge is -2.30. The maximum Gasteiger partial charge on any atom is 0.326 e. The van der Waals surface area contributed by atoms with Gasteiger partial charge in [0.15, 0.2) is 0 Å². The van der Waals surface area contributed by atoms with Crippen molar-refractivity contribution in [1.29, 1.82) is 0 Å². The molecule has 31 N–H and O–H groups in total. The zero-order valence-electron chi connectivity index (χ0n) is 72.5. The second kappa shape index (κ2) is 61.0. The Balaban J connectivity index is 2.72. The van der Waals surface area contributed by atoms with Crippen LogP contribution in [0.1, 0.15) is 187 Å². The van der Waals surface area contributed by atoms with E-state index in [1.807, 2.05) is 0 Å². The minimum Gasteiger partial charge on any atom is -0.508 e. The number of carboxylic acid groups (broad SMARTS) is 6. The van der Waals surface area contributed by atoms with Gasteiger partial charge in [0, 0.05) is 44.9 Å². The summed E-state index contributed by atoms with van der Waals surface area (Å²) in [5.41, 5.74) is 28.8. The molecule has 0 radical (unpaired) electrons. The van der Waals surface area contributed by atoms with Crippen LogP contribution in [0.3, 0.4) is 0 Å². The second-order valence-corrected chi connectivity index (χ2v) is 31.3. The number of aliphatic carboxylic acids is 6. The lowest BCUT2D eigenvalue weighted by Crippen LogP contribution is -2.61. The van der Waals surface area contributed by atoms with Crippen LogP contribution < -0.4 is 103 Å². The molecule has 46 heteroatoms. The quantitative estimate of drug-likeness (QED) is 0.0276. The molecular formula is C82H129N19O27. The summed E-state index contributed by atoms with van der Waals surface area (Å²) in [7, 11) is 0. The van der Waals surface area contributed by atoms with Gasteiger partial charge in [-0.2, -0.15) is 0 Å². The highest BCUT2D eigenvalue weighted by Crippen LogP contribution is 2.18. The Kier molecular flexibility index (Phi) is 53.1. The van der Waals surface area contributed by atoms with Crippen LogP contribution >= 0.6 is 0 Å². The van der Waals surface area contributed by atoms with E-state index in [0.717, 1.165) is 0 Å². The van der Waals surface area contributed by atoms with Gasteiger partial charge < -0.3 is 139 Å². The molecule has 0 heterocycles. The molecule has 0 bridgehead atoms. The van der Waals surface area contributed by atoms with Crippen molar-refractivity contribution in [3.05, 3.63) is 65.7 Å². The molecule has 13 atom stereocenters. The Morgan fingerprint density at radius 1 is 0.289 bits per heavy atom. The Hall–Kier alpha value is -12.6. The van der Waals surface area contributed by atoms with Crippen LogP contribution in [0, 0.1) is 11.8 Å². The van der Waals surface area contributed by atoms with Gasteiger partial charge in [0.2, 0.25) is 82.7 Å². The van der Waals surface area contributed by atoms with Crippen molar-refractivity contribution in [1.82, 2.24) is 74.4 Å². The van der Waals surface area contributed by atoms with Crippen molar-refractivity contribution < 1.29 is 132 Å². The number of nitrogens with two attached hydrogens (primary N) is 5. The summed E-state index contributed by atoms with van der Waals surface area (Å²) in [5.74, 6) is -25.5. The first kappa shape index (κ1) is 112. The molecule has 0 aliphatic rings. The normalized spacial score (nSPS) is 14.1. The molecule has 128 heavy (non-hydrogen) atoms. The first-order valence-corrected chi connectivity index (χ1v) is 42.4. The van der Waals surface area contributed by atoms with Crippen LogP contribution in [-0.4, -0.2) is 272 Å². The topological polar surface area (TPSA) is 782 Å². The number of hydrogen-bond acceptors (Lipinski definition) is 26. The molecule has 0 saturated carbocycles. The van der Waals surface area contributed by atoms with Gasteiger partial charge in [0.25, 0.3) is 0 Å². The maximum atomic E-state index is 15.1. The van der Waals surface area contributed by atoms with Gasteiger partial charge in [-0.25, -0.2) is 4.79 Å². The fourth-order valence-corrected chi connectivity index (χ4v) is 12.8. The summed E-state index contributed by atoms with van der Waals surface area (Å²) in [5, 5.41) is 103. The summed E-state index contributed by atoms with van der Waals surface area (Å²) in [6, 6.07) is -8.94. The summed E-state index contributed by atoms with van der Waals surface area (Å²) in [6.45, 7) is 6.04. The van der Waals surface area contributed by atoms with E-state index < -0.39 is 299 Å². The lowest BCUT2D eigenvalue weighted by molar-refractivity contribution is -0.142. The molecule has 0 aromatic heterocycles. The number of phenols is 1. The highest BCUT2D eigenvalue weighted by molar-refractivity contribution is 6.01. The van der Waals surface area contributed by atoms with Crippen LogP contribution in [0.15, 0.2) is 54.6 Å². The van der Waals surface area contributed by atoms with Crippen molar-refractivity contribution in [2.75, 3.05) is 39.3 Å².